The first-order valence-corrected chi connectivity index (χ1v) is 11.2. The van der Waals surface area contributed by atoms with Crippen LogP contribution in [0.5, 0.6) is 0 Å². The monoisotopic (exact) mass is 458 g/mol. The summed E-state index contributed by atoms with van der Waals surface area (Å²) >= 11 is 6.22. The third kappa shape index (κ3) is 3.45. The van der Waals surface area contributed by atoms with Crippen LogP contribution in [0.15, 0.2) is 72.8 Å². The first-order valence-electron chi connectivity index (χ1n) is 10.8. The smallest absolute Gasteiger partial charge is 0.186 e. The van der Waals surface area contributed by atoms with E-state index in [4.69, 9.17) is 16.6 Å². The third-order valence-corrected chi connectivity index (χ3v) is 6.34. The number of para-hydroxylation sites is 2. The molecule has 0 saturated carbocycles. The molecule has 0 amide bonds. The largest absolute Gasteiger partial charge is 0.366 e. The minimum absolute atomic E-state index is 0.188. The van der Waals surface area contributed by atoms with Crippen molar-refractivity contribution in [3.05, 3.63) is 83.6 Å². The highest BCUT2D eigenvalue weighted by Gasteiger charge is 2.24. The number of nitrogens with zero attached hydrogens (tertiary/aromatic N) is 6. The van der Waals surface area contributed by atoms with E-state index >= 15 is 0 Å². The molecule has 0 N–H and O–H groups in total. The molecule has 1 saturated heterocycles. The highest BCUT2D eigenvalue weighted by atomic mass is 35.5. The molecule has 33 heavy (non-hydrogen) atoms. The Kier molecular flexibility index (Phi) is 4.84. The van der Waals surface area contributed by atoms with Crippen LogP contribution in [0.3, 0.4) is 0 Å². The second-order valence-electron chi connectivity index (χ2n) is 8.06. The average molecular weight is 459 g/mol. The molecule has 0 atom stereocenters. The minimum Gasteiger partial charge on any atom is -0.366 e. The molecular weight excluding hydrogens is 439 g/mol. The lowest BCUT2D eigenvalue weighted by Gasteiger charge is -2.37. The lowest BCUT2D eigenvalue weighted by molar-refractivity contribution is 0.597. The van der Waals surface area contributed by atoms with Gasteiger partial charge in [0.15, 0.2) is 5.65 Å². The van der Waals surface area contributed by atoms with Crippen LogP contribution in [0.4, 0.5) is 15.9 Å². The number of anilines is 2. The van der Waals surface area contributed by atoms with Crippen molar-refractivity contribution in [1.29, 1.82) is 0 Å². The summed E-state index contributed by atoms with van der Waals surface area (Å²) in [6.45, 7) is 2.88. The molecule has 0 bridgehead atoms. The van der Waals surface area contributed by atoms with Gasteiger partial charge in [-0.25, -0.2) is 9.37 Å². The van der Waals surface area contributed by atoms with E-state index in [0.717, 1.165) is 35.4 Å². The van der Waals surface area contributed by atoms with Gasteiger partial charge in [-0.1, -0.05) is 53.2 Å². The molecule has 1 fully saturated rings. The topological polar surface area (TPSA) is 49.6 Å². The van der Waals surface area contributed by atoms with Gasteiger partial charge < -0.3 is 9.80 Å². The van der Waals surface area contributed by atoms with Crippen molar-refractivity contribution in [2.75, 3.05) is 36.0 Å². The summed E-state index contributed by atoms with van der Waals surface area (Å²) in [5.41, 5.74) is 3.83. The molecule has 0 aliphatic carbocycles. The van der Waals surface area contributed by atoms with Crippen molar-refractivity contribution in [3.8, 4) is 11.3 Å². The fourth-order valence-corrected chi connectivity index (χ4v) is 4.67. The van der Waals surface area contributed by atoms with Gasteiger partial charge in [0.1, 0.15) is 17.3 Å². The molecular formula is C25H20ClFN6. The Bertz CT molecular complexity index is 1470. The average Bonchev–Trinajstić information content (AvgIpc) is 3.28. The Morgan fingerprint density at radius 1 is 0.818 bits per heavy atom. The zero-order valence-corrected chi connectivity index (χ0v) is 18.5. The van der Waals surface area contributed by atoms with Crippen molar-refractivity contribution in [2.45, 2.75) is 0 Å². The van der Waals surface area contributed by atoms with E-state index in [2.05, 4.69) is 26.2 Å². The SMILES string of the molecule is Fc1ccccc1N1CCN(c2nc3c(-c4cccc(Cl)c4)nnn3c3ccccc23)CC1. The highest BCUT2D eigenvalue weighted by molar-refractivity contribution is 6.30. The molecule has 0 spiro atoms. The van der Waals surface area contributed by atoms with Crippen LogP contribution in [-0.2, 0) is 0 Å². The fourth-order valence-electron chi connectivity index (χ4n) is 4.48. The standard InChI is InChI=1S/C25H20ClFN6/c26-18-7-5-6-17(16-18)23-25-28-24(19-8-1-3-10-21(19)33(25)30-29-23)32-14-12-31(13-15-32)22-11-4-2-9-20(22)27/h1-11,16H,12-15H2. The normalized spacial score (nSPS) is 14.4. The number of fused-ring (bicyclic) bond motifs is 3. The molecule has 6 rings (SSSR count). The molecule has 1 aliphatic rings. The van der Waals surface area contributed by atoms with E-state index in [1.54, 1.807) is 10.6 Å². The van der Waals surface area contributed by atoms with Crippen LogP contribution >= 0.6 is 11.6 Å². The summed E-state index contributed by atoms with van der Waals surface area (Å²) in [5.74, 6) is 0.698. The van der Waals surface area contributed by atoms with Crippen molar-refractivity contribution < 1.29 is 4.39 Å². The van der Waals surface area contributed by atoms with Gasteiger partial charge in [-0.15, -0.1) is 5.10 Å². The minimum atomic E-state index is -0.188. The van der Waals surface area contributed by atoms with Gasteiger partial charge in [0.05, 0.1) is 11.2 Å². The zero-order chi connectivity index (χ0) is 22.4. The quantitative estimate of drug-likeness (QED) is 0.378. The van der Waals surface area contributed by atoms with E-state index in [9.17, 15) is 4.39 Å². The number of hydrogen-bond acceptors (Lipinski definition) is 5. The van der Waals surface area contributed by atoms with Crippen LogP contribution in [0.2, 0.25) is 5.02 Å². The van der Waals surface area contributed by atoms with Gasteiger partial charge in [0.25, 0.3) is 0 Å². The lowest BCUT2D eigenvalue weighted by Crippen LogP contribution is -2.47. The van der Waals surface area contributed by atoms with Crippen LogP contribution < -0.4 is 9.80 Å². The van der Waals surface area contributed by atoms with E-state index in [0.29, 0.717) is 35.1 Å². The molecule has 6 nitrogen and oxygen atoms in total. The highest BCUT2D eigenvalue weighted by Crippen LogP contribution is 2.31. The number of benzene rings is 3. The summed E-state index contributed by atoms with van der Waals surface area (Å²) in [5, 5.41) is 10.5. The Morgan fingerprint density at radius 3 is 2.39 bits per heavy atom. The first kappa shape index (κ1) is 19.9. The van der Waals surface area contributed by atoms with Gasteiger partial charge in [-0.3, -0.25) is 0 Å². The number of hydrogen-bond donors (Lipinski definition) is 0. The molecule has 0 radical (unpaired) electrons. The maximum Gasteiger partial charge on any atom is 0.186 e. The maximum absolute atomic E-state index is 14.3. The summed E-state index contributed by atoms with van der Waals surface area (Å²) in [6.07, 6.45) is 0. The molecule has 3 aromatic carbocycles. The molecule has 2 aromatic heterocycles. The van der Waals surface area contributed by atoms with Crippen molar-refractivity contribution in [2.24, 2.45) is 0 Å². The van der Waals surface area contributed by atoms with Crippen molar-refractivity contribution in [1.82, 2.24) is 19.8 Å². The van der Waals surface area contributed by atoms with Crippen molar-refractivity contribution in [3.63, 3.8) is 0 Å². The van der Waals surface area contributed by atoms with Gasteiger partial charge in [-0.2, -0.15) is 4.52 Å². The summed E-state index contributed by atoms with van der Waals surface area (Å²) < 4.78 is 16.1. The predicted octanol–water partition coefficient (Wildman–Crippen LogP) is 5.06. The Labute approximate surface area is 194 Å². The maximum atomic E-state index is 14.3. The van der Waals surface area contributed by atoms with Gasteiger partial charge in [0.2, 0.25) is 0 Å². The van der Waals surface area contributed by atoms with Crippen molar-refractivity contribution >= 4 is 39.7 Å². The van der Waals surface area contributed by atoms with Gasteiger partial charge >= 0.3 is 0 Å². The van der Waals surface area contributed by atoms with E-state index in [-0.39, 0.29) is 5.82 Å². The number of halogens is 2. The number of piperazine rings is 1. The Hall–Kier alpha value is -3.71. The molecule has 164 valence electrons. The van der Waals surface area contributed by atoms with E-state index in [1.165, 1.54) is 6.07 Å². The molecule has 5 aromatic rings. The first-order chi connectivity index (χ1) is 16.2. The van der Waals surface area contributed by atoms with Crippen LogP contribution in [0, 0.1) is 5.82 Å². The zero-order valence-electron chi connectivity index (χ0n) is 17.7. The second-order valence-corrected chi connectivity index (χ2v) is 8.50. The van der Waals surface area contributed by atoms with E-state index in [1.807, 2.05) is 54.6 Å². The molecule has 8 heteroatoms. The molecule has 0 unspecified atom stereocenters. The molecule has 3 heterocycles. The van der Waals surface area contributed by atoms with Crippen LogP contribution in [-0.4, -0.2) is 46.0 Å². The number of aromatic nitrogens is 4. The lowest BCUT2D eigenvalue weighted by atomic mass is 10.1. The van der Waals surface area contributed by atoms with Crippen LogP contribution in [0.25, 0.3) is 27.8 Å². The predicted molar refractivity (Wildman–Crippen MR) is 130 cm³/mol. The fraction of sp³-hybridized carbons (Fsp3) is 0.160. The Morgan fingerprint density at radius 2 is 1.58 bits per heavy atom. The summed E-state index contributed by atoms with van der Waals surface area (Å²) in [7, 11) is 0. The van der Waals surface area contributed by atoms with Crippen LogP contribution in [0.1, 0.15) is 0 Å². The summed E-state index contributed by atoms with van der Waals surface area (Å²) in [4.78, 5) is 9.38. The number of rotatable bonds is 3. The van der Waals surface area contributed by atoms with Gasteiger partial charge in [0, 0.05) is 42.2 Å². The van der Waals surface area contributed by atoms with E-state index < -0.39 is 0 Å². The van der Waals surface area contributed by atoms with Gasteiger partial charge in [-0.05, 0) is 36.4 Å². The third-order valence-electron chi connectivity index (χ3n) is 6.10. The Balaban J connectivity index is 1.42. The second kappa shape index (κ2) is 8.01. The summed E-state index contributed by atoms with van der Waals surface area (Å²) in [6, 6.07) is 22.6. The molecule has 1 aliphatic heterocycles.